The molecule has 1 heterocycles. The number of carbonyl (C=O) groups is 2. The maximum atomic E-state index is 12.0. The lowest BCUT2D eigenvalue weighted by Crippen LogP contribution is -2.44. The van der Waals surface area contributed by atoms with Gasteiger partial charge in [0.1, 0.15) is 0 Å². The first-order valence-corrected chi connectivity index (χ1v) is 8.97. The molecule has 2 N–H and O–H groups in total. The number of amides is 2. The molecule has 1 aliphatic rings. The lowest BCUT2D eigenvalue weighted by atomic mass is 9.87. The Bertz CT molecular complexity index is 645. The second-order valence-corrected chi connectivity index (χ2v) is 7.60. The molecule has 0 bridgehead atoms. The zero-order valence-electron chi connectivity index (χ0n) is 14.6. The molecule has 0 unspecified atom stereocenters. The lowest BCUT2D eigenvalue weighted by molar-refractivity contribution is -0.138. The molecule has 0 spiro atoms. The first-order chi connectivity index (χ1) is 11.3. The van der Waals surface area contributed by atoms with Gasteiger partial charge in [0.15, 0.2) is 0 Å². The average Bonchev–Trinajstić information content (AvgIpc) is 2.52. The van der Waals surface area contributed by atoms with Crippen LogP contribution >= 0.6 is 11.8 Å². The summed E-state index contributed by atoms with van der Waals surface area (Å²) in [6.45, 7) is 8.80. The third kappa shape index (κ3) is 4.77. The molecule has 2 amide bonds. The Morgan fingerprint density at radius 3 is 2.50 bits per heavy atom. The molecule has 0 saturated carbocycles. The van der Waals surface area contributed by atoms with Gasteiger partial charge in [-0.1, -0.05) is 32.9 Å². The number of urea groups is 1. The maximum Gasteiger partial charge on any atom is 0.337 e. The molecular formula is C18H24N2O3S. The van der Waals surface area contributed by atoms with Crippen LogP contribution in [0.1, 0.15) is 33.3 Å². The van der Waals surface area contributed by atoms with Gasteiger partial charge in [0.25, 0.3) is 0 Å². The Balaban J connectivity index is 2.09. The number of carbonyl (C=O) groups excluding carboxylic acids is 2. The van der Waals surface area contributed by atoms with Crippen LogP contribution in [0.5, 0.6) is 0 Å². The molecule has 0 saturated heterocycles. The van der Waals surface area contributed by atoms with Gasteiger partial charge in [0.05, 0.1) is 18.7 Å². The third-order valence-corrected chi connectivity index (χ3v) is 4.72. The molecular weight excluding hydrogens is 324 g/mol. The molecule has 6 heteroatoms. The van der Waals surface area contributed by atoms with E-state index in [1.807, 2.05) is 0 Å². The highest BCUT2D eigenvalue weighted by atomic mass is 32.2. The Labute approximate surface area is 147 Å². The molecule has 5 nitrogen and oxygen atoms in total. The predicted octanol–water partition coefficient (Wildman–Crippen LogP) is 3.21. The quantitative estimate of drug-likeness (QED) is 0.633. The first-order valence-electron chi connectivity index (χ1n) is 7.98. The van der Waals surface area contributed by atoms with E-state index in [1.54, 1.807) is 18.7 Å². The van der Waals surface area contributed by atoms with Crippen molar-refractivity contribution in [2.75, 3.05) is 18.9 Å². The van der Waals surface area contributed by atoms with E-state index in [-0.39, 0.29) is 24.0 Å². The summed E-state index contributed by atoms with van der Waals surface area (Å²) in [5.41, 5.74) is 2.48. The lowest BCUT2D eigenvalue weighted by Gasteiger charge is -2.21. The zero-order valence-corrected chi connectivity index (χ0v) is 15.4. The molecule has 0 fully saturated rings. The van der Waals surface area contributed by atoms with Crippen molar-refractivity contribution in [3.8, 4) is 0 Å². The molecule has 0 aliphatic carbocycles. The summed E-state index contributed by atoms with van der Waals surface area (Å²) in [6, 6.07) is 8.08. The van der Waals surface area contributed by atoms with E-state index in [4.69, 9.17) is 4.74 Å². The standard InChI is InChI=1S/C18H24N2O3S/c1-5-23-16(21)14-10-19-17(22)20-15(14)11-24-13-8-6-12(7-9-13)18(2,3)4/h6-9H,5,10-11H2,1-4H3,(H2,19,20,22). The number of nitrogens with one attached hydrogen (secondary N) is 2. The van der Waals surface area contributed by atoms with E-state index >= 15 is 0 Å². The van der Waals surface area contributed by atoms with Crippen LogP contribution in [0, 0.1) is 0 Å². The monoisotopic (exact) mass is 348 g/mol. The summed E-state index contributed by atoms with van der Waals surface area (Å²) in [4.78, 5) is 24.6. The highest BCUT2D eigenvalue weighted by Gasteiger charge is 2.23. The van der Waals surface area contributed by atoms with Crippen molar-refractivity contribution in [3.05, 3.63) is 41.1 Å². The van der Waals surface area contributed by atoms with Crippen LogP contribution < -0.4 is 10.6 Å². The SMILES string of the molecule is CCOC(=O)C1=C(CSc2ccc(C(C)(C)C)cc2)NC(=O)NC1. The van der Waals surface area contributed by atoms with Gasteiger partial charge in [0.2, 0.25) is 0 Å². The molecule has 1 aromatic carbocycles. The summed E-state index contributed by atoms with van der Waals surface area (Å²) in [6.07, 6.45) is 0. The summed E-state index contributed by atoms with van der Waals surface area (Å²) < 4.78 is 5.05. The second-order valence-electron chi connectivity index (χ2n) is 6.55. The smallest absolute Gasteiger partial charge is 0.337 e. The summed E-state index contributed by atoms with van der Waals surface area (Å²) >= 11 is 1.58. The van der Waals surface area contributed by atoms with E-state index < -0.39 is 0 Å². The van der Waals surface area contributed by atoms with Crippen molar-refractivity contribution in [1.82, 2.24) is 10.6 Å². The highest BCUT2D eigenvalue weighted by molar-refractivity contribution is 7.99. The van der Waals surface area contributed by atoms with Crippen LogP contribution in [0.2, 0.25) is 0 Å². The molecule has 2 rings (SSSR count). The van der Waals surface area contributed by atoms with Crippen LogP contribution in [0.4, 0.5) is 4.79 Å². The van der Waals surface area contributed by atoms with Crippen LogP contribution in [-0.4, -0.2) is 30.9 Å². The number of hydrogen-bond acceptors (Lipinski definition) is 4. The number of benzene rings is 1. The number of hydrogen-bond donors (Lipinski definition) is 2. The molecule has 0 radical (unpaired) electrons. The maximum absolute atomic E-state index is 12.0. The van der Waals surface area contributed by atoms with Crippen molar-refractivity contribution in [3.63, 3.8) is 0 Å². The van der Waals surface area contributed by atoms with Gasteiger partial charge in [-0.05, 0) is 30.0 Å². The van der Waals surface area contributed by atoms with Crippen molar-refractivity contribution in [2.45, 2.75) is 38.0 Å². The molecule has 0 atom stereocenters. The summed E-state index contributed by atoms with van der Waals surface area (Å²) in [5.74, 6) is 0.125. The fourth-order valence-corrected chi connectivity index (χ4v) is 3.16. The minimum absolute atomic E-state index is 0.117. The van der Waals surface area contributed by atoms with Crippen molar-refractivity contribution in [2.24, 2.45) is 0 Å². The minimum atomic E-state index is -0.385. The summed E-state index contributed by atoms with van der Waals surface area (Å²) in [5, 5.41) is 5.33. The number of thioether (sulfide) groups is 1. The van der Waals surface area contributed by atoms with E-state index in [9.17, 15) is 9.59 Å². The fourth-order valence-electron chi connectivity index (χ4n) is 2.28. The van der Waals surface area contributed by atoms with Gasteiger partial charge in [-0.3, -0.25) is 0 Å². The third-order valence-electron chi connectivity index (χ3n) is 3.68. The topological polar surface area (TPSA) is 67.4 Å². The molecule has 0 aromatic heterocycles. The molecule has 130 valence electrons. The zero-order chi connectivity index (χ0) is 17.7. The van der Waals surface area contributed by atoms with E-state index in [2.05, 4.69) is 55.7 Å². The highest BCUT2D eigenvalue weighted by Crippen LogP contribution is 2.27. The van der Waals surface area contributed by atoms with E-state index in [0.717, 1.165) is 4.90 Å². The van der Waals surface area contributed by atoms with Crippen molar-refractivity contribution in [1.29, 1.82) is 0 Å². The van der Waals surface area contributed by atoms with Crippen LogP contribution in [0.15, 0.2) is 40.4 Å². The minimum Gasteiger partial charge on any atom is -0.463 e. The summed E-state index contributed by atoms with van der Waals surface area (Å²) in [7, 11) is 0. The van der Waals surface area contributed by atoms with Gasteiger partial charge in [0, 0.05) is 16.3 Å². The predicted molar refractivity (Wildman–Crippen MR) is 96.1 cm³/mol. The number of esters is 1. The van der Waals surface area contributed by atoms with Gasteiger partial charge in [-0.15, -0.1) is 11.8 Å². The normalized spacial score (nSPS) is 14.9. The van der Waals surface area contributed by atoms with Gasteiger partial charge >= 0.3 is 12.0 Å². The fraction of sp³-hybridized carbons (Fsp3) is 0.444. The Hall–Kier alpha value is -1.95. The Morgan fingerprint density at radius 2 is 1.92 bits per heavy atom. The van der Waals surface area contributed by atoms with Crippen molar-refractivity contribution < 1.29 is 14.3 Å². The van der Waals surface area contributed by atoms with Gasteiger partial charge < -0.3 is 15.4 Å². The molecule has 1 aliphatic heterocycles. The molecule has 24 heavy (non-hydrogen) atoms. The first kappa shape index (κ1) is 18.4. The van der Waals surface area contributed by atoms with Gasteiger partial charge in [-0.25, -0.2) is 9.59 Å². The van der Waals surface area contributed by atoms with E-state index in [0.29, 0.717) is 23.6 Å². The largest absolute Gasteiger partial charge is 0.463 e. The van der Waals surface area contributed by atoms with Crippen LogP contribution in [0.25, 0.3) is 0 Å². The van der Waals surface area contributed by atoms with Crippen molar-refractivity contribution >= 4 is 23.8 Å². The number of ether oxygens (including phenoxy) is 1. The average molecular weight is 348 g/mol. The van der Waals surface area contributed by atoms with E-state index in [1.165, 1.54) is 5.56 Å². The van der Waals surface area contributed by atoms with Crippen LogP contribution in [0.3, 0.4) is 0 Å². The second kappa shape index (κ2) is 7.75. The Kier molecular flexibility index (Phi) is 5.94. The van der Waals surface area contributed by atoms with Gasteiger partial charge in [-0.2, -0.15) is 0 Å². The molecule has 1 aromatic rings. The van der Waals surface area contributed by atoms with Crippen LogP contribution in [-0.2, 0) is 14.9 Å². The Morgan fingerprint density at radius 1 is 1.25 bits per heavy atom. The number of rotatable bonds is 5.